The van der Waals surface area contributed by atoms with E-state index >= 15 is 0 Å². The van der Waals surface area contributed by atoms with Crippen LogP contribution in [-0.4, -0.2) is 53.5 Å². The van der Waals surface area contributed by atoms with Crippen LogP contribution >= 0.6 is 0 Å². The number of amides is 1. The molecule has 0 aromatic carbocycles. The molecule has 2 heterocycles. The molecule has 1 amide bonds. The van der Waals surface area contributed by atoms with Crippen LogP contribution < -0.4 is 10.2 Å². The van der Waals surface area contributed by atoms with Gasteiger partial charge in [-0.3, -0.25) is 4.79 Å². The van der Waals surface area contributed by atoms with Gasteiger partial charge in [0.1, 0.15) is 17.5 Å². The van der Waals surface area contributed by atoms with Crippen LogP contribution in [0.25, 0.3) is 0 Å². The van der Waals surface area contributed by atoms with Gasteiger partial charge < -0.3 is 15.1 Å². The third-order valence-electron chi connectivity index (χ3n) is 5.38. The quantitative estimate of drug-likeness (QED) is 0.859. The van der Waals surface area contributed by atoms with Crippen molar-refractivity contribution in [1.29, 1.82) is 0 Å². The highest BCUT2D eigenvalue weighted by Crippen LogP contribution is 2.28. The van der Waals surface area contributed by atoms with Gasteiger partial charge >= 0.3 is 0 Å². The van der Waals surface area contributed by atoms with Crippen LogP contribution in [0, 0.1) is 12.8 Å². The van der Waals surface area contributed by atoms with Crippen molar-refractivity contribution in [2.45, 2.75) is 52.4 Å². The SMILES string of the molecule is CCNc1cc(N2CCN(C(=O)CCC3CCCC3)CC2)nc(C)n1. The van der Waals surface area contributed by atoms with E-state index in [9.17, 15) is 4.79 Å². The predicted molar refractivity (Wildman–Crippen MR) is 101 cm³/mol. The Hall–Kier alpha value is -1.85. The summed E-state index contributed by atoms with van der Waals surface area (Å²) < 4.78 is 0. The number of carbonyl (C=O) groups excluding carboxylic acids is 1. The number of hydrogen-bond donors (Lipinski definition) is 1. The molecule has 0 radical (unpaired) electrons. The van der Waals surface area contributed by atoms with Crippen molar-refractivity contribution in [3.8, 4) is 0 Å². The topological polar surface area (TPSA) is 61.4 Å². The van der Waals surface area contributed by atoms with Crippen molar-refractivity contribution in [3.05, 3.63) is 11.9 Å². The lowest BCUT2D eigenvalue weighted by atomic mass is 10.0. The van der Waals surface area contributed by atoms with Crippen molar-refractivity contribution in [2.24, 2.45) is 5.92 Å². The largest absolute Gasteiger partial charge is 0.370 e. The Kier molecular flexibility index (Phi) is 6.10. The summed E-state index contributed by atoms with van der Waals surface area (Å²) in [7, 11) is 0. The van der Waals surface area contributed by atoms with E-state index in [-0.39, 0.29) is 0 Å². The van der Waals surface area contributed by atoms with Gasteiger partial charge in [0.15, 0.2) is 0 Å². The fourth-order valence-electron chi connectivity index (χ4n) is 3.96. The fourth-order valence-corrected chi connectivity index (χ4v) is 3.96. The smallest absolute Gasteiger partial charge is 0.222 e. The number of anilines is 2. The maximum Gasteiger partial charge on any atom is 0.222 e. The minimum absolute atomic E-state index is 0.332. The van der Waals surface area contributed by atoms with E-state index in [1.165, 1.54) is 25.7 Å². The molecule has 1 aliphatic heterocycles. The number of rotatable bonds is 6. The van der Waals surface area contributed by atoms with Crippen LogP contribution in [-0.2, 0) is 4.79 Å². The van der Waals surface area contributed by atoms with Gasteiger partial charge in [0.25, 0.3) is 0 Å². The molecular weight excluding hydrogens is 314 g/mol. The molecule has 0 unspecified atom stereocenters. The molecule has 0 bridgehead atoms. The van der Waals surface area contributed by atoms with Gasteiger partial charge in [-0.2, -0.15) is 0 Å². The van der Waals surface area contributed by atoms with Crippen LogP contribution in [0.15, 0.2) is 6.07 Å². The summed E-state index contributed by atoms with van der Waals surface area (Å²) in [5.74, 6) is 3.74. The molecule has 2 aliphatic rings. The van der Waals surface area contributed by atoms with Crippen molar-refractivity contribution in [3.63, 3.8) is 0 Å². The lowest BCUT2D eigenvalue weighted by Crippen LogP contribution is -2.49. The van der Waals surface area contributed by atoms with E-state index < -0.39 is 0 Å². The van der Waals surface area contributed by atoms with Crippen molar-refractivity contribution >= 4 is 17.5 Å². The van der Waals surface area contributed by atoms with Gasteiger partial charge in [-0.15, -0.1) is 0 Å². The van der Waals surface area contributed by atoms with Crippen molar-refractivity contribution < 1.29 is 4.79 Å². The number of nitrogens with one attached hydrogen (secondary N) is 1. The lowest BCUT2D eigenvalue weighted by Gasteiger charge is -2.35. The van der Waals surface area contributed by atoms with Crippen LogP contribution in [0.3, 0.4) is 0 Å². The second-order valence-electron chi connectivity index (χ2n) is 7.25. The van der Waals surface area contributed by atoms with E-state index in [4.69, 9.17) is 0 Å². The van der Waals surface area contributed by atoms with Gasteiger partial charge in [-0.1, -0.05) is 25.7 Å². The number of carbonyl (C=O) groups is 1. The zero-order chi connectivity index (χ0) is 17.6. The van der Waals surface area contributed by atoms with E-state index in [2.05, 4.69) is 27.1 Å². The number of aromatic nitrogens is 2. The Morgan fingerprint density at radius 3 is 2.60 bits per heavy atom. The van der Waals surface area contributed by atoms with Gasteiger partial charge in [-0.25, -0.2) is 9.97 Å². The molecule has 0 atom stereocenters. The molecule has 6 heteroatoms. The molecule has 1 N–H and O–H groups in total. The first-order valence-electron chi connectivity index (χ1n) is 9.78. The van der Waals surface area contributed by atoms with Crippen LogP contribution in [0.1, 0.15) is 51.3 Å². The minimum Gasteiger partial charge on any atom is -0.370 e. The predicted octanol–water partition coefficient (Wildman–Crippen LogP) is 2.84. The summed E-state index contributed by atoms with van der Waals surface area (Å²) >= 11 is 0. The summed E-state index contributed by atoms with van der Waals surface area (Å²) in [4.78, 5) is 25.7. The zero-order valence-electron chi connectivity index (χ0n) is 15.6. The molecular formula is C19H31N5O. The molecule has 1 saturated heterocycles. The zero-order valence-corrected chi connectivity index (χ0v) is 15.6. The number of nitrogens with zero attached hydrogens (tertiary/aromatic N) is 4. The summed E-state index contributed by atoms with van der Waals surface area (Å²) in [6.07, 6.45) is 7.15. The average Bonchev–Trinajstić information content (AvgIpc) is 3.13. The average molecular weight is 345 g/mol. The van der Waals surface area contributed by atoms with Crippen molar-refractivity contribution in [2.75, 3.05) is 42.9 Å². The number of aryl methyl sites for hydroxylation is 1. The highest BCUT2D eigenvalue weighted by molar-refractivity contribution is 5.76. The molecule has 6 nitrogen and oxygen atoms in total. The first kappa shape index (κ1) is 18.0. The fraction of sp³-hybridized carbons (Fsp3) is 0.737. The highest BCUT2D eigenvalue weighted by atomic mass is 16.2. The van der Waals surface area contributed by atoms with Gasteiger partial charge in [0.05, 0.1) is 0 Å². The molecule has 138 valence electrons. The molecule has 1 aromatic rings. The summed E-state index contributed by atoms with van der Waals surface area (Å²) in [5, 5.41) is 3.26. The van der Waals surface area contributed by atoms with E-state index in [0.29, 0.717) is 5.91 Å². The van der Waals surface area contributed by atoms with E-state index in [1.54, 1.807) is 0 Å². The Morgan fingerprint density at radius 1 is 1.20 bits per heavy atom. The monoisotopic (exact) mass is 345 g/mol. The lowest BCUT2D eigenvalue weighted by molar-refractivity contribution is -0.131. The molecule has 3 rings (SSSR count). The van der Waals surface area contributed by atoms with Crippen LogP contribution in [0.4, 0.5) is 11.6 Å². The Bertz CT molecular complexity index is 577. The molecule has 1 aromatic heterocycles. The number of piperazine rings is 1. The Morgan fingerprint density at radius 2 is 1.92 bits per heavy atom. The minimum atomic E-state index is 0.332. The van der Waals surface area contributed by atoms with E-state index in [1.807, 2.05) is 17.9 Å². The maximum absolute atomic E-state index is 12.5. The van der Waals surface area contributed by atoms with Crippen molar-refractivity contribution in [1.82, 2.24) is 14.9 Å². The Labute approximate surface area is 151 Å². The van der Waals surface area contributed by atoms with Gasteiger partial charge in [-0.05, 0) is 26.2 Å². The van der Waals surface area contributed by atoms with E-state index in [0.717, 1.165) is 68.9 Å². The van der Waals surface area contributed by atoms with Crippen LogP contribution in [0.2, 0.25) is 0 Å². The summed E-state index contributed by atoms with van der Waals surface area (Å²) in [6, 6.07) is 2.01. The molecule has 2 fully saturated rings. The molecule has 1 saturated carbocycles. The third kappa shape index (κ3) is 4.83. The second kappa shape index (κ2) is 8.50. The summed E-state index contributed by atoms with van der Waals surface area (Å²) in [6.45, 7) is 8.11. The van der Waals surface area contributed by atoms with Gasteiger partial charge in [0.2, 0.25) is 5.91 Å². The standard InChI is InChI=1S/C19H31N5O/c1-3-20-17-14-18(22-15(2)21-17)23-10-12-24(13-11-23)19(25)9-8-16-6-4-5-7-16/h14,16H,3-13H2,1-2H3,(H,20,21,22). The highest BCUT2D eigenvalue weighted by Gasteiger charge is 2.23. The first-order valence-corrected chi connectivity index (χ1v) is 9.78. The first-order chi connectivity index (χ1) is 12.2. The Balaban J connectivity index is 1.50. The molecule has 25 heavy (non-hydrogen) atoms. The molecule has 0 spiro atoms. The summed E-state index contributed by atoms with van der Waals surface area (Å²) in [5.41, 5.74) is 0. The second-order valence-corrected chi connectivity index (χ2v) is 7.25. The van der Waals surface area contributed by atoms with Crippen LogP contribution in [0.5, 0.6) is 0 Å². The maximum atomic E-state index is 12.5. The normalized spacial score (nSPS) is 18.6. The number of hydrogen-bond acceptors (Lipinski definition) is 5. The molecule has 1 aliphatic carbocycles. The van der Waals surface area contributed by atoms with Gasteiger partial charge in [0, 0.05) is 45.2 Å². The third-order valence-corrected chi connectivity index (χ3v) is 5.38.